The number of hydrazine groups is 1. The lowest BCUT2D eigenvalue weighted by Gasteiger charge is -2.31. The first-order chi connectivity index (χ1) is 12.2. The maximum Gasteiger partial charge on any atom is 0.258 e. The normalized spacial score (nSPS) is 16.2. The summed E-state index contributed by atoms with van der Waals surface area (Å²) in [6.07, 6.45) is 6.58. The topological polar surface area (TPSA) is 52.6 Å². The number of nitrogens with zero attached hydrogens (tertiary/aromatic N) is 1. The van der Waals surface area contributed by atoms with E-state index in [4.69, 9.17) is 0 Å². The first-order valence-electron chi connectivity index (χ1n) is 8.75. The Balaban J connectivity index is 1.42. The van der Waals surface area contributed by atoms with E-state index in [1.807, 2.05) is 11.1 Å². The van der Waals surface area contributed by atoms with Crippen LogP contribution in [0, 0.1) is 5.92 Å². The van der Waals surface area contributed by atoms with Crippen LogP contribution in [0.1, 0.15) is 24.0 Å². The van der Waals surface area contributed by atoms with Crippen LogP contribution in [-0.2, 0) is 11.2 Å². The number of piperidine rings is 1. The Kier molecular flexibility index (Phi) is 5.86. The van der Waals surface area contributed by atoms with Crippen molar-refractivity contribution in [2.45, 2.75) is 19.3 Å². The molecule has 4 heteroatoms. The highest BCUT2D eigenvalue weighted by Crippen LogP contribution is 2.20. The average Bonchev–Trinajstić information content (AvgIpc) is 2.64. The van der Waals surface area contributed by atoms with Gasteiger partial charge < -0.3 is 5.11 Å². The van der Waals surface area contributed by atoms with E-state index in [1.165, 1.54) is 11.6 Å². The molecule has 1 fully saturated rings. The van der Waals surface area contributed by atoms with E-state index < -0.39 is 0 Å². The summed E-state index contributed by atoms with van der Waals surface area (Å²) in [4.78, 5) is 12.0. The van der Waals surface area contributed by atoms with Crippen LogP contribution in [-0.4, -0.2) is 29.1 Å². The summed E-state index contributed by atoms with van der Waals surface area (Å²) < 4.78 is 0. The summed E-state index contributed by atoms with van der Waals surface area (Å²) in [7, 11) is 0. The molecule has 0 saturated carbocycles. The van der Waals surface area contributed by atoms with Crippen LogP contribution < -0.4 is 5.43 Å². The van der Waals surface area contributed by atoms with Gasteiger partial charge in [-0.15, -0.1) is 0 Å². The van der Waals surface area contributed by atoms with E-state index in [1.54, 1.807) is 30.3 Å². The molecule has 1 aliphatic heterocycles. The summed E-state index contributed by atoms with van der Waals surface area (Å²) in [6, 6.07) is 17.3. The molecule has 0 atom stereocenters. The maximum absolute atomic E-state index is 12.0. The van der Waals surface area contributed by atoms with E-state index >= 15 is 0 Å². The Bertz CT molecular complexity index is 702. The number of hydrogen-bond acceptors (Lipinski definition) is 3. The molecule has 3 rings (SSSR count). The zero-order valence-electron chi connectivity index (χ0n) is 14.3. The fourth-order valence-electron chi connectivity index (χ4n) is 3.15. The average molecular weight is 336 g/mol. The third kappa shape index (κ3) is 5.47. The quantitative estimate of drug-likeness (QED) is 0.823. The second-order valence-corrected chi connectivity index (χ2v) is 6.52. The third-order valence-corrected chi connectivity index (χ3v) is 4.57. The van der Waals surface area contributed by atoms with Gasteiger partial charge in [0.25, 0.3) is 5.91 Å². The van der Waals surface area contributed by atoms with Crippen LogP contribution in [0.25, 0.3) is 6.08 Å². The first kappa shape index (κ1) is 17.2. The highest BCUT2D eigenvalue weighted by molar-refractivity contribution is 5.91. The van der Waals surface area contributed by atoms with Crippen LogP contribution >= 0.6 is 0 Å². The Morgan fingerprint density at radius 3 is 2.44 bits per heavy atom. The lowest BCUT2D eigenvalue weighted by molar-refractivity contribution is -0.121. The van der Waals surface area contributed by atoms with Crippen molar-refractivity contribution in [3.63, 3.8) is 0 Å². The van der Waals surface area contributed by atoms with Gasteiger partial charge in [0.15, 0.2) is 0 Å². The molecule has 0 aliphatic carbocycles. The van der Waals surface area contributed by atoms with Gasteiger partial charge in [0, 0.05) is 19.2 Å². The van der Waals surface area contributed by atoms with E-state index in [9.17, 15) is 9.90 Å². The van der Waals surface area contributed by atoms with Crippen molar-refractivity contribution in [3.05, 3.63) is 71.8 Å². The second kappa shape index (κ2) is 8.49. The minimum Gasteiger partial charge on any atom is -0.508 e. The Morgan fingerprint density at radius 1 is 1.08 bits per heavy atom. The zero-order valence-corrected chi connectivity index (χ0v) is 14.3. The molecule has 0 aromatic heterocycles. The van der Waals surface area contributed by atoms with Gasteiger partial charge in [0.05, 0.1) is 0 Å². The number of amides is 1. The highest BCUT2D eigenvalue weighted by Gasteiger charge is 2.20. The number of nitrogens with one attached hydrogen (secondary N) is 1. The molecule has 4 nitrogen and oxygen atoms in total. The molecule has 1 saturated heterocycles. The molecular formula is C21H24N2O2. The standard InChI is InChI=1S/C21H24N2O2/c24-20-9-6-17(7-10-20)8-11-21(25)22-23-14-12-19(13-15-23)16-18-4-2-1-3-5-18/h1-11,19,24H,12-16H2,(H,22,25). The number of carbonyl (C=O) groups is 1. The summed E-state index contributed by atoms with van der Waals surface area (Å²) in [6.45, 7) is 1.77. The molecule has 0 bridgehead atoms. The SMILES string of the molecule is O=C(C=Cc1ccc(O)cc1)NN1CCC(Cc2ccccc2)CC1. The molecule has 130 valence electrons. The molecule has 1 amide bonds. The van der Waals surface area contributed by atoms with Gasteiger partial charge in [-0.25, -0.2) is 5.01 Å². The monoisotopic (exact) mass is 336 g/mol. The molecule has 0 spiro atoms. The van der Waals surface area contributed by atoms with Crippen molar-refractivity contribution in [3.8, 4) is 5.75 Å². The van der Waals surface area contributed by atoms with Gasteiger partial charge in [-0.1, -0.05) is 42.5 Å². The number of phenols is 1. The van der Waals surface area contributed by atoms with E-state index in [2.05, 4.69) is 29.7 Å². The van der Waals surface area contributed by atoms with Crippen molar-refractivity contribution >= 4 is 12.0 Å². The predicted octanol–water partition coefficient (Wildman–Crippen LogP) is 3.39. The van der Waals surface area contributed by atoms with E-state index in [0.29, 0.717) is 5.92 Å². The smallest absolute Gasteiger partial charge is 0.258 e. The summed E-state index contributed by atoms with van der Waals surface area (Å²) >= 11 is 0. The third-order valence-electron chi connectivity index (χ3n) is 4.57. The van der Waals surface area contributed by atoms with Gasteiger partial charge in [0.2, 0.25) is 0 Å². The summed E-state index contributed by atoms with van der Waals surface area (Å²) in [5.74, 6) is 0.789. The van der Waals surface area contributed by atoms with Gasteiger partial charge in [-0.2, -0.15) is 0 Å². The largest absolute Gasteiger partial charge is 0.508 e. The molecule has 25 heavy (non-hydrogen) atoms. The van der Waals surface area contributed by atoms with Crippen molar-refractivity contribution < 1.29 is 9.90 Å². The Hall–Kier alpha value is -2.59. The van der Waals surface area contributed by atoms with Gasteiger partial charge in [-0.3, -0.25) is 10.2 Å². The first-order valence-corrected chi connectivity index (χ1v) is 8.75. The fourth-order valence-corrected chi connectivity index (χ4v) is 3.15. The molecule has 1 aliphatic rings. The van der Waals surface area contributed by atoms with Crippen LogP contribution in [0.5, 0.6) is 5.75 Å². The van der Waals surface area contributed by atoms with Gasteiger partial charge in [-0.05, 0) is 54.5 Å². The van der Waals surface area contributed by atoms with Crippen molar-refractivity contribution in [1.82, 2.24) is 10.4 Å². The number of phenolic OH excluding ortho intramolecular Hbond substituents is 1. The van der Waals surface area contributed by atoms with Crippen LogP contribution in [0.2, 0.25) is 0 Å². The number of carbonyl (C=O) groups excluding carboxylic acids is 1. The van der Waals surface area contributed by atoms with E-state index in [-0.39, 0.29) is 11.7 Å². The molecule has 0 radical (unpaired) electrons. The second-order valence-electron chi connectivity index (χ2n) is 6.52. The summed E-state index contributed by atoms with van der Waals surface area (Å²) in [5, 5.41) is 11.3. The van der Waals surface area contributed by atoms with Crippen molar-refractivity contribution in [2.75, 3.05) is 13.1 Å². The number of benzene rings is 2. The Morgan fingerprint density at radius 2 is 1.76 bits per heavy atom. The lowest BCUT2D eigenvalue weighted by Crippen LogP contribution is -2.46. The number of rotatable bonds is 5. The van der Waals surface area contributed by atoms with Crippen LogP contribution in [0.15, 0.2) is 60.7 Å². The highest BCUT2D eigenvalue weighted by atomic mass is 16.3. The summed E-state index contributed by atoms with van der Waals surface area (Å²) in [5.41, 5.74) is 5.22. The lowest BCUT2D eigenvalue weighted by atomic mass is 9.91. The molecule has 2 aromatic carbocycles. The van der Waals surface area contributed by atoms with Crippen LogP contribution in [0.3, 0.4) is 0 Å². The molecule has 1 heterocycles. The minimum absolute atomic E-state index is 0.116. The molecule has 0 unspecified atom stereocenters. The van der Waals surface area contributed by atoms with Gasteiger partial charge >= 0.3 is 0 Å². The fraction of sp³-hybridized carbons (Fsp3) is 0.286. The predicted molar refractivity (Wildman–Crippen MR) is 99.7 cm³/mol. The number of hydrogen-bond donors (Lipinski definition) is 2. The zero-order chi connectivity index (χ0) is 17.5. The van der Waals surface area contributed by atoms with E-state index in [0.717, 1.165) is 37.9 Å². The molecular weight excluding hydrogens is 312 g/mol. The van der Waals surface area contributed by atoms with Gasteiger partial charge in [0.1, 0.15) is 5.75 Å². The van der Waals surface area contributed by atoms with Crippen molar-refractivity contribution in [1.29, 1.82) is 0 Å². The molecule has 2 N–H and O–H groups in total. The maximum atomic E-state index is 12.0. The minimum atomic E-state index is -0.116. The molecule has 2 aromatic rings. The van der Waals surface area contributed by atoms with Crippen molar-refractivity contribution in [2.24, 2.45) is 5.92 Å². The number of aromatic hydroxyl groups is 1. The Labute approximate surface area is 148 Å². The van der Waals surface area contributed by atoms with Crippen LogP contribution in [0.4, 0.5) is 0 Å².